The molecule has 0 aromatic heterocycles. The SMILES string of the molecule is CNC(=O)C(C)Oc1ccc(C(N)=S)cc1OC. The number of benzene rings is 1. The second-order valence-electron chi connectivity index (χ2n) is 3.60. The van der Waals surface area contributed by atoms with E-state index in [9.17, 15) is 4.79 Å². The van der Waals surface area contributed by atoms with Gasteiger partial charge in [0.15, 0.2) is 17.6 Å². The Hall–Kier alpha value is -1.82. The molecule has 98 valence electrons. The topological polar surface area (TPSA) is 73.6 Å². The number of carbonyl (C=O) groups is 1. The molecule has 1 aromatic carbocycles. The van der Waals surface area contributed by atoms with E-state index in [1.165, 1.54) is 7.11 Å². The van der Waals surface area contributed by atoms with Crippen molar-refractivity contribution in [3.05, 3.63) is 23.8 Å². The Kier molecular flexibility index (Phi) is 4.91. The Morgan fingerprint density at radius 2 is 2.11 bits per heavy atom. The second kappa shape index (κ2) is 6.20. The first-order chi connectivity index (χ1) is 8.49. The maximum absolute atomic E-state index is 11.4. The van der Waals surface area contributed by atoms with Gasteiger partial charge in [-0.15, -0.1) is 0 Å². The van der Waals surface area contributed by atoms with Crippen molar-refractivity contribution in [2.45, 2.75) is 13.0 Å². The number of carbonyl (C=O) groups excluding carboxylic acids is 1. The van der Waals surface area contributed by atoms with Crippen molar-refractivity contribution < 1.29 is 14.3 Å². The fourth-order valence-electron chi connectivity index (χ4n) is 1.37. The summed E-state index contributed by atoms with van der Waals surface area (Å²) in [6.07, 6.45) is -0.612. The molecule has 0 bridgehead atoms. The van der Waals surface area contributed by atoms with Gasteiger partial charge in [0, 0.05) is 12.6 Å². The van der Waals surface area contributed by atoms with Gasteiger partial charge in [-0.05, 0) is 25.1 Å². The van der Waals surface area contributed by atoms with Crippen LogP contribution in [0.15, 0.2) is 18.2 Å². The summed E-state index contributed by atoms with van der Waals surface area (Å²) in [5.74, 6) is 0.736. The van der Waals surface area contributed by atoms with E-state index >= 15 is 0 Å². The summed E-state index contributed by atoms with van der Waals surface area (Å²) in [4.78, 5) is 11.7. The number of hydrogen-bond donors (Lipinski definition) is 2. The normalized spacial score (nSPS) is 11.5. The highest BCUT2D eigenvalue weighted by Gasteiger charge is 2.15. The van der Waals surface area contributed by atoms with Gasteiger partial charge in [-0.25, -0.2) is 0 Å². The molecule has 1 amide bonds. The van der Waals surface area contributed by atoms with Crippen LogP contribution in [0.5, 0.6) is 11.5 Å². The Balaban J connectivity index is 2.96. The van der Waals surface area contributed by atoms with Crippen molar-refractivity contribution in [1.29, 1.82) is 0 Å². The van der Waals surface area contributed by atoms with Crippen LogP contribution in [0.25, 0.3) is 0 Å². The zero-order valence-corrected chi connectivity index (χ0v) is 11.3. The summed E-state index contributed by atoms with van der Waals surface area (Å²) in [5.41, 5.74) is 6.21. The summed E-state index contributed by atoms with van der Waals surface area (Å²) >= 11 is 4.88. The third kappa shape index (κ3) is 3.33. The largest absolute Gasteiger partial charge is 0.493 e. The predicted molar refractivity (Wildman–Crippen MR) is 73.0 cm³/mol. The summed E-state index contributed by atoms with van der Waals surface area (Å²) in [7, 11) is 3.06. The Bertz CT molecular complexity index is 463. The number of nitrogens with two attached hydrogens (primary N) is 1. The Labute approximate surface area is 111 Å². The van der Waals surface area contributed by atoms with Gasteiger partial charge >= 0.3 is 0 Å². The lowest BCUT2D eigenvalue weighted by molar-refractivity contribution is -0.126. The maximum Gasteiger partial charge on any atom is 0.260 e. The number of amides is 1. The molecule has 0 radical (unpaired) electrons. The standard InChI is InChI=1S/C12H16N2O3S/c1-7(12(15)14-2)17-9-5-4-8(11(13)18)6-10(9)16-3/h4-7H,1-3H3,(H2,13,18)(H,14,15). The zero-order chi connectivity index (χ0) is 13.7. The number of ether oxygens (including phenoxy) is 2. The average Bonchev–Trinajstić information content (AvgIpc) is 2.37. The molecule has 0 spiro atoms. The van der Waals surface area contributed by atoms with Crippen molar-refractivity contribution in [3.8, 4) is 11.5 Å². The number of likely N-dealkylation sites (N-methyl/N-ethyl adjacent to an activating group) is 1. The van der Waals surface area contributed by atoms with Crippen molar-refractivity contribution >= 4 is 23.1 Å². The molecule has 0 saturated carbocycles. The molecule has 1 aromatic rings. The Morgan fingerprint density at radius 3 is 2.61 bits per heavy atom. The highest BCUT2D eigenvalue weighted by molar-refractivity contribution is 7.80. The van der Waals surface area contributed by atoms with Gasteiger partial charge in [-0.3, -0.25) is 4.79 Å². The number of rotatable bonds is 5. The number of methoxy groups -OCH3 is 1. The van der Waals surface area contributed by atoms with Crippen LogP contribution in [0.1, 0.15) is 12.5 Å². The molecular formula is C12H16N2O3S. The monoisotopic (exact) mass is 268 g/mol. The molecule has 0 aliphatic heterocycles. The highest BCUT2D eigenvalue weighted by Crippen LogP contribution is 2.28. The van der Waals surface area contributed by atoms with Crippen molar-refractivity contribution in [2.24, 2.45) is 5.73 Å². The van der Waals surface area contributed by atoms with Crippen LogP contribution in [-0.4, -0.2) is 31.2 Å². The minimum absolute atomic E-state index is 0.213. The van der Waals surface area contributed by atoms with E-state index in [4.69, 9.17) is 27.4 Å². The molecule has 0 heterocycles. The van der Waals surface area contributed by atoms with Gasteiger partial charge in [0.05, 0.1) is 7.11 Å². The van der Waals surface area contributed by atoms with Crippen LogP contribution in [-0.2, 0) is 4.79 Å². The molecule has 0 fully saturated rings. The molecule has 0 aliphatic carbocycles. The number of thiocarbonyl (C=S) groups is 1. The molecule has 1 unspecified atom stereocenters. The van der Waals surface area contributed by atoms with Gasteiger partial charge in [-0.1, -0.05) is 12.2 Å². The van der Waals surface area contributed by atoms with Crippen LogP contribution < -0.4 is 20.5 Å². The lowest BCUT2D eigenvalue weighted by Gasteiger charge is -2.16. The average molecular weight is 268 g/mol. The van der Waals surface area contributed by atoms with Gasteiger partial charge in [0.25, 0.3) is 5.91 Å². The summed E-state index contributed by atoms with van der Waals surface area (Å²) < 4.78 is 10.7. The molecule has 3 N–H and O–H groups in total. The predicted octanol–water partition coefficient (Wildman–Crippen LogP) is 0.843. The zero-order valence-electron chi connectivity index (χ0n) is 10.5. The smallest absolute Gasteiger partial charge is 0.260 e. The molecule has 0 aliphatic rings. The van der Waals surface area contributed by atoms with Gasteiger partial charge in [0.1, 0.15) is 4.99 Å². The fraction of sp³-hybridized carbons (Fsp3) is 0.333. The van der Waals surface area contributed by atoms with Crippen molar-refractivity contribution in [2.75, 3.05) is 14.2 Å². The molecule has 18 heavy (non-hydrogen) atoms. The van der Waals surface area contributed by atoms with E-state index < -0.39 is 6.10 Å². The first-order valence-corrected chi connectivity index (χ1v) is 5.76. The van der Waals surface area contributed by atoms with Crippen LogP contribution in [0.2, 0.25) is 0 Å². The minimum atomic E-state index is -0.612. The van der Waals surface area contributed by atoms with E-state index in [-0.39, 0.29) is 10.9 Å². The molecule has 6 heteroatoms. The number of hydrogen-bond acceptors (Lipinski definition) is 4. The maximum atomic E-state index is 11.4. The molecule has 0 saturated heterocycles. The fourth-order valence-corrected chi connectivity index (χ4v) is 1.49. The van der Waals surface area contributed by atoms with Crippen molar-refractivity contribution in [3.63, 3.8) is 0 Å². The lowest BCUT2D eigenvalue weighted by Crippen LogP contribution is -2.33. The van der Waals surface area contributed by atoms with E-state index in [1.54, 1.807) is 32.2 Å². The van der Waals surface area contributed by atoms with Crippen molar-refractivity contribution in [1.82, 2.24) is 5.32 Å². The van der Waals surface area contributed by atoms with Crippen LogP contribution in [0, 0.1) is 0 Å². The molecular weight excluding hydrogens is 252 g/mol. The third-order valence-corrected chi connectivity index (χ3v) is 2.60. The number of nitrogens with one attached hydrogen (secondary N) is 1. The van der Waals surface area contributed by atoms with E-state index in [2.05, 4.69) is 5.32 Å². The summed E-state index contributed by atoms with van der Waals surface area (Å²) in [6, 6.07) is 5.07. The molecule has 1 atom stereocenters. The van der Waals surface area contributed by atoms with Crippen LogP contribution >= 0.6 is 12.2 Å². The third-order valence-electron chi connectivity index (χ3n) is 2.37. The van der Waals surface area contributed by atoms with Gasteiger partial charge in [-0.2, -0.15) is 0 Å². The molecule has 5 nitrogen and oxygen atoms in total. The van der Waals surface area contributed by atoms with E-state index in [0.29, 0.717) is 17.1 Å². The van der Waals surface area contributed by atoms with Gasteiger partial charge < -0.3 is 20.5 Å². The van der Waals surface area contributed by atoms with Crippen LogP contribution in [0.3, 0.4) is 0 Å². The first-order valence-electron chi connectivity index (χ1n) is 5.35. The first kappa shape index (κ1) is 14.2. The second-order valence-corrected chi connectivity index (χ2v) is 4.04. The van der Waals surface area contributed by atoms with Crippen LogP contribution in [0.4, 0.5) is 0 Å². The summed E-state index contributed by atoms with van der Waals surface area (Å²) in [6.45, 7) is 1.65. The lowest BCUT2D eigenvalue weighted by atomic mass is 10.2. The van der Waals surface area contributed by atoms with Gasteiger partial charge in [0.2, 0.25) is 0 Å². The highest BCUT2D eigenvalue weighted by atomic mass is 32.1. The van der Waals surface area contributed by atoms with E-state index in [1.807, 2.05) is 0 Å². The quantitative estimate of drug-likeness (QED) is 0.774. The van der Waals surface area contributed by atoms with E-state index in [0.717, 1.165) is 0 Å². The minimum Gasteiger partial charge on any atom is -0.493 e. The Morgan fingerprint density at radius 1 is 1.44 bits per heavy atom. The summed E-state index contributed by atoms with van der Waals surface area (Å²) in [5, 5.41) is 2.51. The molecule has 1 rings (SSSR count).